The normalized spacial score (nSPS) is 10.6. The summed E-state index contributed by atoms with van der Waals surface area (Å²) in [6, 6.07) is 22.0. The lowest BCUT2D eigenvalue weighted by molar-refractivity contribution is -0.123. The number of nitrogens with zero attached hydrogens (tertiary/aromatic N) is 1. The number of carbonyl (C=O) groups is 1. The van der Waals surface area contributed by atoms with Crippen LogP contribution < -0.4 is 19.6 Å². The summed E-state index contributed by atoms with van der Waals surface area (Å²) in [7, 11) is 0. The van der Waals surface area contributed by atoms with Crippen LogP contribution >= 0.6 is 11.6 Å². The van der Waals surface area contributed by atoms with E-state index in [1.807, 2.05) is 61.5 Å². The molecule has 0 aliphatic carbocycles. The number of benzene rings is 3. The molecule has 160 valence electrons. The monoisotopic (exact) mass is 438 g/mol. The SMILES string of the molecule is CCOc1cc(C=NNC(=O)COc2ccccc2)ccc1OCc1ccc(Cl)cc1. The third kappa shape index (κ3) is 7.35. The van der Waals surface area contributed by atoms with Gasteiger partial charge in [0.25, 0.3) is 5.91 Å². The maximum absolute atomic E-state index is 11.9. The van der Waals surface area contributed by atoms with Crippen LogP contribution in [0.3, 0.4) is 0 Å². The second-order valence-corrected chi connectivity index (χ2v) is 6.89. The van der Waals surface area contributed by atoms with Gasteiger partial charge in [-0.3, -0.25) is 4.79 Å². The number of halogens is 1. The van der Waals surface area contributed by atoms with Crippen molar-refractivity contribution in [3.8, 4) is 17.2 Å². The third-order valence-corrected chi connectivity index (χ3v) is 4.34. The number of rotatable bonds is 10. The Balaban J connectivity index is 1.55. The van der Waals surface area contributed by atoms with E-state index in [1.54, 1.807) is 18.2 Å². The molecule has 6 nitrogen and oxygen atoms in total. The zero-order valence-electron chi connectivity index (χ0n) is 17.1. The summed E-state index contributed by atoms with van der Waals surface area (Å²) in [5.74, 6) is 1.48. The molecule has 7 heteroatoms. The number of hydrazone groups is 1. The van der Waals surface area contributed by atoms with Crippen LogP contribution in [0.2, 0.25) is 5.02 Å². The number of amides is 1. The molecule has 3 rings (SSSR count). The van der Waals surface area contributed by atoms with E-state index >= 15 is 0 Å². The summed E-state index contributed by atoms with van der Waals surface area (Å²) >= 11 is 5.91. The van der Waals surface area contributed by atoms with Crippen LogP contribution in [0.1, 0.15) is 18.1 Å². The molecular formula is C24H23ClN2O4. The average molecular weight is 439 g/mol. The fourth-order valence-corrected chi connectivity index (χ4v) is 2.74. The van der Waals surface area contributed by atoms with E-state index in [0.717, 1.165) is 11.1 Å². The molecule has 0 saturated heterocycles. The summed E-state index contributed by atoms with van der Waals surface area (Å²) < 4.78 is 17.0. The number of hydrogen-bond donors (Lipinski definition) is 1. The van der Waals surface area contributed by atoms with E-state index in [1.165, 1.54) is 6.21 Å². The van der Waals surface area contributed by atoms with Crippen LogP contribution in [0.5, 0.6) is 17.2 Å². The highest BCUT2D eigenvalue weighted by Gasteiger charge is 2.07. The van der Waals surface area contributed by atoms with Gasteiger partial charge in [-0.15, -0.1) is 0 Å². The maximum Gasteiger partial charge on any atom is 0.277 e. The van der Waals surface area contributed by atoms with E-state index in [2.05, 4.69) is 10.5 Å². The fraction of sp³-hybridized carbons (Fsp3) is 0.167. The second kappa shape index (κ2) is 11.6. The molecule has 0 aliphatic heterocycles. The molecule has 0 saturated carbocycles. The van der Waals surface area contributed by atoms with Crippen molar-refractivity contribution in [2.45, 2.75) is 13.5 Å². The summed E-state index contributed by atoms with van der Waals surface area (Å²) in [6.07, 6.45) is 1.53. The maximum atomic E-state index is 11.9. The minimum Gasteiger partial charge on any atom is -0.490 e. The highest BCUT2D eigenvalue weighted by Crippen LogP contribution is 2.29. The molecule has 0 unspecified atom stereocenters. The van der Waals surface area contributed by atoms with Gasteiger partial charge in [-0.05, 0) is 60.5 Å². The van der Waals surface area contributed by atoms with Crippen molar-refractivity contribution in [1.29, 1.82) is 0 Å². The van der Waals surface area contributed by atoms with Crippen molar-refractivity contribution in [2.24, 2.45) is 5.10 Å². The zero-order chi connectivity index (χ0) is 21.9. The van der Waals surface area contributed by atoms with Gasteiger partial charge in [0.1, 0.15) is 12.4 Å². The molecule has 0 radical (unpaired) electrons. The first-order valence-corrected chi connectivity index (χ1v) is 10.2. The molecule has 0 heterocycles. The van der Waals surface area contributed by atoms with Gasteiger partial charge in [0, 0.05) is 5.02 Å². The summed E-state index contributed by atoms with van der Waals surface area (Å²) in [6.45, 7) is 2.66. The molecule has 0 aliphatic rings. The number of hydrogen-bond acceptors (Lipinski definition) is 5. The first-order chi connectivity index (χ1) is 15.1. The Kier molecular flexibility index (Phi) is 8.31. The molecule has 0 fully saturated rings. The average Bonchev–Trinajstić information content (AvgIpc) is 2.79. The lowest BCUT2D eigenvalue weighted by atomic mass is 10.2. The van der Waals surface area contributed by atoms with Crippen LogP contribution in [0.15, 0.2) is 77.9 Å². The summed E-state index contributed by atoms with van der Waals surface area (Å²) in [4.78, 5) is 11.9. The van der Waals surface area contributed by atoms with Gasteiger partial charge >= 0.3 is 0 Å². The number of nitrogens with one attached hydrogen (secondary N) is 1. The van der Waals surface area contributed by atoms with Gasteiger partial charge in [-0.2, -0.15) is 5.10 Å². The third-order valence-electron chi connectivity index (χ3n) is 4.09. The van der Waals surface area contributed by atoms with Crippen LogP contribution in [0.4, 0.5) is 0 Å². The molecular weight excluding hydrogens is 416 g/mol. The number of carbonyl (C=O) groups excluding carboxylic acids is 1. The van der Waals surface area contributed by atoms with Crippen molar-refractivity contribution in [3.05, 3.63) is 88.9 Å². The van der Waals surface area contributed by atoms with E-state index in [4.69, 9.17) is 25.8 Å². The highest BCUT2D eigenvalue weighted by molar-refractivity contribution is 6.30. The van der Waals surface area contributed by atoms with E-state index in [9.17, 15) is 4.79 Å². The lowest BCUT2D eigenvalue weighted by Gasteiger charge is -2.12. The molecule has 0 atom stereocenters. The van der Waals surface area contributed by atoms with Crippen molar-refractivity contribution in [2.75, 3.05) is 13.2 Å². The van der Waals surface area contributed by atoms with Crippen LogP contribution in [0.25, 0.3) is 0 Å². The first-order valence-electron chi connectivity index (χ1n) is 9.78. The quantitative estimate of drug-likeness (QED) is 0.363. The zero-order valence-corrected chi connectivity index (χ0v) is 17.8. The van der Waals surface area contributed by atoms with Gasteiger partial charge in [-0.1, -0.05) is 41.9 Å². The Bertz CT molecular complexity index is 1010. The Morgan fingerprint density at radius 2 is 1.74 bits per heavy atom. The Morgan fingerprint density at radius 3 is 2.48 bits per heavy atom. The van der Waals surface area contributed by atoms with Gasteiger partial charge in [0.2, 0.25) is 0 Å². The topological polar surface area (TPSA) is 69.2 Å². The van der Waals surface area contributed by atoms with Crippen molar-refractivity contribution < 1.29 is 19.0 Å². The fourth-order valence-electron chi connectivity index (χ4n) is 2.61. The van der Waals surface area contributed by atoms with Crippen LogP contribution in [0, 0.1) is 0 Å². The predicted molar refractivity (Wildman–Crippen MR) is 121 cm³/mol. The molecule has 0 aromatic heterocycles. The summed E-state index contributed by atoms with van der Waals surface area (Å²) in [5.41, 5.74) is 4.20. The van der Waals surface area contributed by atoms with E-state index in [-0.39, 0.29) is 12.5 Å². The summed E-state index contributed by atoms with van der Waals surface area (Å²) in [5, 5.41) is 4.65. The minimum absolute atomic E-state index is 0.122. The van der Waals surface area contributed by atoms with Gasteiger partial charge < -0.3 is 14.2 Å². The standard InChI is InChI=1S/C24H23ClN2O4/c1-2-29-23-14-19(10-13-22(23)31-16-18-8-11-20(25)12-9-18)15-26-27-24(28)17-30-21-6-4-3-5-7-21/h3-15H,2,16-17H2,1H3,(H,27,28). The Labute approximate surface area is 186 Å². The number of ether oxygens (including phenoxy) is 3. The van der Waals surface area contributed by atoms with Crippen LogP contribution in [-0.4, -0.2) is 25.3 Å². The van der Waals surface area contributed by atoms with Crippen molar-refractivity contribution >= 4 is 23.7 Å². The molecule has 31 heavy (non-hydrogen) atoms. The molecule has 3 aromatic carbocycles. The molecule has 1 amide bonds. The van der Waals surface area contributed by atoms with Crippen molar-refractivity contribution in [1.82, 2.24) is 5.43 Å². The molecule has 1 N–H and O–H groups in total. The predicted octanol–water partition coefficient (Wildman–Crippen LogP) is 4.85. The van der Waals surface area contributed by atoms with Gasteiger partial charge in [0.15, 0.2) is 18.1 Å². The largest absolute Gasteiger partial charge is 0.490 e. The van der Waals surface area contributed by atoms with Gasteiger partial charge in [-0.25, -0.2) is 5.43 Å². The smallest absolute Gasteiger partial charge is 0.277 e. The van der Waals surface area contributed by atoms with E-state index in [0.29, 0.717) is 35.5 Å². The lowest BCUT2D eigenvalue weighted by Crippen LogP contribution is -2.24. The highest BCUT2D eigenvalue weighted by atomic mass is 35.5. The second-order valence-electron chi connectivity index (χ2n) is 6.45. The van der Waals surface area contributed by atoms with E-state index < -0.39 is 0 Å². The Hall–Kier alpha value is -3.51. The number of para-hydroxylation sites is 1. The Morgan fingerprint density at radius 1 is 0.968 bits per heavy atom. The van der Waals surface area contributed by atoms with Crippen LogP contribution in [-0.2, 0) is 11.4 Å². The van der Waals surface area contributed by atoms with Crippen molar-refractivity contribution in [3.63, 3.8) is 0 Å². The minimum atomic E-state index is -0.354. The molecule has 0 spiro atoms. The molecule has 0 bridgehead atoms. The first kappa shape index (κ1) is 22.2. The molecule has 3 aromatic rings. The van der Waals surface area contributed by atoms with Gasteiger partial charge in [0.05, 0.1) is 12.8 Å².